The van der Waals surface area contributed by atoms with Gasteiger partial charge in [0.1, 0.15) is 0 Å². The Bertz CT molecular complexity index is 708. The molecule has 2 fully saturated rings. The zero-order valence-corrected chi connectivity index (χ0v) is 13.5. The minimum absolute atomic E-state index is 0.0851. The summed E-state index contributed by atoms with van der Waals surface area (Å²) in [4.78, 5) is 12.4. The first-order chi connectivity index (χ1) is 10.7. The first-order valence-corrected chi connectivity index (χ1v) is 8.66. The van der Waals surface area contributed by atoms with Crippen molar-refractivity contribution in [2.24, 2.45) is 5.41 Å². The van der Waals surface area contributed by atoms with Gasteiger partial charge in [0.2, 0.25) is 5.91 Å². The Morgan fingerprint density at radius 2 is 2.27 bits per heavy atom. The molecule has 0 saturated heterocycles. The van der Waals surface area contributed by atoms with E-state index in [9.17, 15) is 4.79 Å². The maximum atomic E-state index is 12.4. The third-order valence-electron chi connectivity index (χ3n) is 5.47. The van der Waals surface area contributed by atoms with Crippen LogP contribution in [0.25, 0.3) is 10.1 Å². The smallest absolute Gasteiger partial charge is 0.226 e. The lowest BCUT2D eigenvalue weighted by molar-refractivity contribution is -0.166. The molecular formula is C17H20N2O2S. The highest BCUT2D eigenvalue weighted by Gasteiger charge is 2.59. The van der Waals surface area contributed by atoms with E-state index in [4.69, 9.17) is 4.74 Å². The molecule has 2 saturated carbocycles. The molecule has 0 bridgehead atoms. The molecule has 1 amide bonds. The van der Waals surface area contributed by atoms with E-state index < -0.39 is 0 Å². The Morgan fingerprint density at radius 1 is 1.45 bits per heavy atom. The molecule has 116 valence electrons. The van der Waals surface area contributed by atoms with Gasteiger partial charge in [-0.1, -0.05) is 24.6 Å². The third kappa shape index (κ3) is 2.07. The van der Waals surface area contributed by atoms with Crippen molar-refractivity contribution >= 4 is 27.5 Å². The Kier molecular flexibility index (Phi) is 3.42. The number of nitrogens with zero attached hydrogens (tertiary/aromatic N) is 1. The summed E-state index contributed by atoms with van der Waals surface area (Å²) in [5, 5.41) is 4.32. The first-order valence-electron chi connectivity index (χ1n) is 7.88. The van der Waals surface area contributed by atoms with Crippen LogP contribution in [0.3, 0.4) is 0 Å². The Hall–Kier alpha value is -1.46. The average molecular weight is 316 g/mol. The number of carbonyl (C=O) groups is 1. The van der Waals surface area contributed by atoms with Crippen LogP contribution in [-0.2, 0) is 16.0 Å². The number of hydrogen-bond acceptors (Lipinski definition) is 4. The predicted molar refractivity (Wildman–Crippen MR) is 87.0 cm³/mol. The van der Waals surface area contributed by atoms with Gasteiger partial charge in [-0.3, -0.25) is 4.79 Å². The lowest BCUT2D eigenvalue weighted by Gasteiger charge is -2.60. The van der Waals surface area contributed by atoms with Gasteiger partial charge in [0.25, 0.3) is 0 Å². The van der Waals surface area contributed by atoms with Crippen LogP contribution in [0, 0.1) is 5.41 Å². The number of amides is 1. The van der Waals surface area contributed by atoms with E-state index in [2.05, 4.69) is 9.69 Å². The van der Waals surface area contributed by atoms with Crippen molar-refractivity contribution in [1.82, 2.24) is 9.69 Å². The molecule has 2 atom stereocenters. The third-order valence-corrected chi connectivity index (χ3v) is 6.33. The van der Waals surface area contributed by atoms with Gasteiger partial charge in [0.05, 0.1) is 22.9 Å². The maximum Gasteiger partial charge on any atom is 0.226 e. The van der Waals surface area contributed by atoms with Crippen LogP contribution in [0.2, 0.25) is 0 Å². The van der Waals surface area contributed by atoms with Gasteiger partial charge in [0, 0.05) is 24.0 Å². The van der Waals surface area contributed by atoms with Crippen LogP contribution < -0.4 is 5.32 Å². The van der Waals surface area contributed by atoms with E-state index in [1.165, 1.54) is 30.8 Å². The number of rotatable bonds is 4. The molecule has 4 rings (SSSR count). The summed E-state index contributed by atoms with van der Waals surface area (Å²) in [5.74, 6) is 0.0851. The number of nitrogens with one attached hydrogen (secondary N) is 1. The fourth-order valence-corrected chi connectivity index (χ4v) is 4.79. The van der Waals surface area contributed by atoms with Gasteiger partial charge in [-0.15, -0.1) is 0 Å². The van der Waals surface area contributed by atoms with E-state index >= 15 is 0 Å². The molecule has 2 aliphatic carbocycles. The Balaban J connectivity index is 1.43. The topological polar surface area (TPSA) is 51.2 Å². The second kappa shape index (κ2) is 5.32. The number of ether oxygens (including phenoxy) is 1. The number of fused-ring (bicyclic) bond motifs is 1. The van der Waals surface area contributed by atoms with Crippen molar-refractivity contribution in [3.05, 3.63) is 30.0 Å². The molecule has 2 aliphatic rings. The fourth-order valence-electron chi connectivity index (χ4n) is 4.00. The zero-order chi connectivity index (χ0) is 15.2. The summed E-state index contributed by atoms with van der Waals surface area (Å²) >= 11 is 1.46. The first kappa shape index (κ1) is 14.2. The van der Waals surface area contributed by atoms with Gasteiger partial charge in [-0.05, 0) is 36.9 Å². The summed E-state index contributed by atoms with van der Waals surface area (Å²) in [5.41, 5.74) is 1.11. The molecule has 1 heterocycles. The molecule has 0 radical (unpaired) electrons. The molecule has 1 aromatic heterocycles. The molecule has 4 nitrogen and oxygen atoms in total. The highest BCUT2D eigenvalue weighted by molar-refractivity contribution is 7.13. The van der Waals surface area contributed by atoms with Gasteiger partial charge in [0.15, 0.2) is 0 Å². The highest BCUT2D eigenvalue weighted by Crippen LogP contribution is 2.57. The summed E-state index contributed by atoms with van der Waals surface area (Å²) in [6.45, 7) is 0. The van der Waals surface area contributed by atoms with E-state index in [0.29, 0.717) is 12.5 Å². The van der Waals surface area contributed by atoms with Crippen LogP contribution in [0.5, 0.6) is 0 Å². The molecule has 22 heavy (non-hydrogen) atoms. The fraction of sp³-hybridized carbons (Fsp3) is 0.529. The molecule has 0 aliphatic heterocycles. The lowest BCUT2D eigenvalue weighted by Crippen LogP contribution is -2.67. The number of benzene rings is 1. The van der Waals surface area contributed by atoms with E-state index in [1.54, 1.807) is 7.11 Å². The zero-order valence-electron chi connectivity index (χ0n) is 12.7. The predicted octanol–water partition coefficient (Wildman–Crippen LogP) is 2.91. The van der Waals surface area contributed by atoms with Gasteiger partial charge in [-0.25, -0.2) is 0 Å². The standard InChI is InChI=1S/C17H20N2O2S/c1-21-15-10-14(17(15)7-4-8-17)18-16(20)9-12-11-5-2-3-6-13(11)22-19-12/h2-3,5-6,14-15H,4,7-10H2,1H3,(H,18,20)/t14-,15+/m1/s1. The van der Waals surface area contributed by atoms with Crippen molar-refractivity contribution < 1.29 is 9.53 Å². The number of aromatic nitrogens is 1. The molecule has 5 heteroatoms. The van der Waals surface area contributed by atoms with Crippen molar-refractivity contribution in [3.8, 4) is 0 Å². The van der Waals surface area contributed by atoms with Crippen LogP contribution in [0.15, 0.2) is 24.3 Å². The Labute approximate surface area is 134 Å². The summed E-state index contributed by atoms with van der Waals surface area (Å²) in [7, 11) is 1.78. The number of methoxy groups -OCH3 is 1. The van der Waals surface area contributed by atoms with E-state index in [-0.39, 0.29) is 17.4 Å². The summed E-state index contributed by atoms with van der Waals surface area (Å²) in [6.07, 6.45) is 5.25. The van der Waals surface area contributed by atoms with Crippen molar-refractivity contribution in [2.75, 3.05) is 7.11 Å². The second-order valence-electron chi connectivity index (χ2n) is 6.47. The van der Waals surface area contributed by atoms with Crippen LogP contribution >= 0.6 is 11.5 Å². The highest BCUT2D eigenvalue weighted by atomic mass is 32.1. The summed E-state index contributed by atoms with van der Waals surface area (Å²) in [6, 6.07) is 8.37. The molecule has 1 N–H and O–H groups in total. The minimum atomic E-state index is 0.0851. The molecule has 1 spiro atoms. The van der Waals surface area contributed by atoms with Crippen molar-refractivity contribution in [2.45, 2.75) is 44.2 Å². The average Bonchev–Trinajstić information content (AvgIpc) is 2.85. The van der Waals surface area contributed by atoms with E-state index in [0.717, 1.165) is 22.2 Å². The quantitative estimate of drug-likeness (QED) is 0.943. The number of carbonyl (C=O) groups excluding carboxylic acids is 1. The Morgan fingerprint density at radius 3 is 3.00 bits per heavy atom. The minimum Gasteiger partial charge on any atom is -0.381 e. The lowest BCUT2D eigenvalue weighted by atomic mass is 9.51. The van der Waals surface area contributed by atoms with Crippen molar-refractivity contribution in [3.63, 3.8) is 0 Å². The SMILES string of the molecule is CO[C@H]1C[C@@H](NC(=O)Cc2nsc3ccccc23)C12CCC2. The van der Waals surface area contributed by atoms with Gasteiger partial charge >= 0.3 is 0 Å². The van der Waals surface area contributed by atoms with Crippen LogP contribution in [0.4, 0.5) is 0 Å². The maximum absolute atomic E-state index is 12.4. The van der Waals surface area contributed by atoms with Gasteiger partial charge < -0.3 is 10.1 Å². The van der Waals surface area contributed by atoms with Crippen LogP contribution in [-0.4, -0.2) is 29.5 Å². The monoisotopic (exact) mass is 316 g/mol. The van der Waals surface area contributed by atoms with Crippen molar-refractivity contribution in [1.29, 1.82) is 0 Å². The van der Waals surface area contributed by atoms with Crippen LogP contribution in [0.1, 0.15) is 31.4 Å². The summed E-state index contributed by atoms with van der Waals surface area (Å²) < 4.78 is 11.1. The largest absolute Gasteiger partial charge is 0.381 e. The molecule has 0 unspecified atom stereocenters. The normalized spacial score (nSPS) is 25.7. The van der Waals surface area contributed by atoms with Gasteiger partial charge in [-0.2, -0.15) is 4.37 Å². The van der Waals surface area contributed by atoms with E-state index in [1.807, 2.05) is 24.3 Å². The molecule has 2 aromatic rings. The number of hydrogen-bond donors (Lipinski definition) is 1. The second-order valence-corrected chi connectivity index (χ2v) is 7.27. The molecular weight excluding hydrogens is 296 g/mol. The molecule has 1 aromatic carbocycles.